The van der Waals surface area contributed by atoms with Gasteiger partial charge in [-0.3, -0.25) is 9.48 Å². The minimum Gasteiger partial charge on any atom is -0.357 e. The van der Waals surface area contributed by atoms with Crippen molar-refractivity contribution in [1.82, 2.24) is 14.3 Å². The standard InChI is InChI=1S/C14H19N3O/c1-4-12-8-13(5-2)17(15-12)10-14(18)11-6-7-16(3)9-11/h6-9H,4-5,10H2,1-3H3. The number of nitrogens with zero attached hydrogens (tertiary/aromatic N) is 3. The van der Waals surface area contributed by atoms with E-state index < -0.39 is 0 Å². The number of ketones is 1. The fourth-order valence-corrected chi connectivity index (χ4v) is 2.00. The van der Waals surface area contributed by atoms with E-state index in [-0.39, 0.29) is 5.78 Å². The Kier molecular flexibility index (Phi) is 3.65. The Labute approximate surface area is 107 Å². The highest BCUT2D eigenvalue weighted by Gasteiger charge is 2.12. The number of Topliss-reactive ketones (excluding diaryl/α,β-unsaturated/α-hetero) is 1. The number of aromatic nitrogens is 3. The minimum absolute atomic E-state index is 0.107. The Morgan fingerprint density at radius 3 is 2.67 bits per heavy atom. The van der Waals surface area contributed by atoms with Crippen molar-refractivity contribution in [2.75, 3.05) is 0 Å². The molecule has 0 aliphatic heterocycles. The molecule has 0 saturated heterocycles. The number of aryl methyl sites for hydroxylation is 3. The van der Waals surface area contributed by atoms with Crippen LogP contribution in [0.5, 0.6) is 0 Å². The fourth-order valence-electron chi connectivity index (χ4n) is 2.00. The van der Waals surface area contributed by atoms with Crippen molar-refractivity contribution in [3.05, 3.63) is 41.5 Å². The molecule has 0 bridgehead atoms. The lowest BCUT2D eigenvalue weighted by Gasteiger charge is -2.03. The highest BCUT2D eigenvalue weighted by atomic mass is 16.1. The van der Waals surface area contributed by atoms with E-state index >= 15 is 0 Å². The Bertz CT molecular complexity index is 551. The Hall–Kier alpha value is -1.84. The topological polar surface area (TPSA) is 39.8 Å². The molecule has 2 aromatic rings. The molecule has 0 atom stereocenters. The van der Waals surface area contributed by atoms with E-state index in [0.29, 0.717) is 6.54 Å². The zero-order chi connectivity index (χ0) is 13.1. The smallest absolute Gasteiger partial charge is 0.185 e. The molecule has 4 heteroatoms. The average molecular weight is 245 g/mol. The Morgan fingerprint density at radius 2 is 2.11 bits per heavy atom. The first kappa shape index (κ1) is 12.6. The van der Waals surface area contributed by atoms with Crippen LogP contribution in [-0.4, -0.2) is 20.1 Å². The zero-order valence-corrected chi connectivity index (χ0v) is 11.2. The van der Waals surface area contributed by atoms with Crippen LogP contribution < -0.4 is 0 Å². The monoisotopic (exact) mass is 245 g/mol. The number of rotatable bonds is 5. The summed E-state index contributed by atoms with van der Waals surface area (Å²) in [6.07, 6.45) is 5.53. The summed E-state index contributed by atoms with van der Waals surface area (Å²) in [5, 5.41) is 4.46. The second kappa shape index (κ2) is 5.21. The van der Waals surface area contributed by atoms with E-state index in [2.05, 4.69) is 25.0 Å². The molecule has 0 fully saturated rings. The molecule has 18 heavy (non-hydrogen) atoms. The molecular weight excluding hydrogens is 226 g/mol. The summed E-state index contributed by atoms with van der Waals surface area (Å²) in [7, 11) is 1.91. The van der Waals surface area contributed by atoms with Gasteiger partial charge in [0.25, 0.3) is 0 Å². The molecule has 0 aliphatic rings. The average Bonchev–Trinajstić information content (AvgIpc) is 2.95. The predicted molar refractivity (Wildman–Crippen MR) is 70.7 cm³/mol. The SMILES string of the molecule is CCc1cc(CC)n(CC(=O)c2ccn(C)c2)n1. The van der Waals surface area contributed by atoms with Crippen LogP contribution in [0.1, 0.15) is 35.6 Å². The molecule has 0 radical (unpaired) electrons. The largest absolute Gasteiger partial charge is 0.357 e. The molecule has 0 aromatic carbocycles. The van der Waals surface area contributed by atoms with E-state index in [1.807, 2.05) is 34.8 Å². The lowest BCUT2D eigenvalue weighted by atomic mass is 10.2. The van der Waals surface area contributed by atoms with E-state index in [1.54, 1.807) is 0 Å². The molecule has 4 nitrogen and oxygen atoms in total. The van der Waals surface area contributed by atoms with Crippen LogP contribution in [-0.2, 0) is 26.4 Å². The van der Waals surface area contributed by atoms with E-state index in [0.717, 1.165) is 29.8 Å². The molecule has 2 aromatic heterocycles. The molecule has 96 valence electrons. The van der Waals surface area contributed by atoms with Crippen LogP contribution in [0.2, 0.25) is 0 Å². The van der Waals surface area contributed by atoms with Gasteiger partial charge in [-0.25, -0.2) is 0 Å². The summed E-state index contributed by atoms with van der Waals surface area (Å²) in [5.74, 6) is 0.107. The van der Waals surface area contributed by atoms with E-state index in [4.69, 9.17) is 0 Å². The van der Waals surface area contributed by atoms with Gasteiger partial charge in [-0.1, -0.05) is 13.8 Å². The second-order valence-corrected chi connectivity index (χ2v) is 4.48. The number of hydrogen-bond acceptors (Lipinski definition) is 2. The summed E-state index contributed by atoms with van der Waals surface area (Å²) >= 11 is 0. The third-order valence-corrected chi connectivity index (χ3v) is 3.09. The number of hydrogen-bond donors (Lipinski definition) is 0. The molecule has 2 heterocycles. The van der Waals surface area contributed by atoms with Crippen LogP contribution in [0.25, 0.3) is 0 Å². The molecule has 0 saturated carbocycles. The predicted octanol–water partition coefficient (Wildman–Crippen LogP) is 2.23. The van der Waals surface area contributed by atoms with Crippen LogP contribution in [0.3, 0.4) is 0 Å². The third-order valence-electron chi connectivity index (χ3n) is 3.09. The van der Waals surface area contributed by atoms with Gasteiger partial charge in [0.2, 0.25) is 0 Å². The minimum atomic E-state index is 0.107. The van der Waals surface area contributed by atoms with Gasteiger partial charge in [-0.2, -0.15) is 5.10 Å². The first-order chi connectivity index (χ1) is 8.63. The summed E-state index contributed by atoms with van der Waals surface area (Å²) in [5.41, 5.74) is 2.91. The second-order valence-electron chi connectivity index (χ2n) is 4.48. The third kappa shape index (κ3) is 2.53. The maximum absolute atomic E-state index is 12.1. The molecule has 0 amide bonds. The van der Waals surface area contributed by atoms with E-state index in [1.165, 1.54) is 0 Å². The maximum atomic E-state index is 12.1. The molecule has 0 aliphatic carbocycles. The Balaban J connectivity index is 2.18. The van der Waals surface area contributed by atoms with Crippen molar-refractivity contribution >= 4 is 5.78 Å². The van der Waals surface area contributed by atoms with Crippen molar-refractivity contribution < 1.29 is 4.79 Å². The van der Waals surface area contributed by atoms with Crippen molar-refractivity contribution in [2.24, 2.45) is 7.05 Å². The molecule has 0 unspecified atom stereocenters. The van der Waals surface area contributed by atoms with Crippen LogP contribution >= 0.6 is 0 Å². The first-order valence-electron chi connectivity index (χ1n) is 6.34. The van der Waals surface area contributed by atoms with Gasteiger partial charge in [0, 0.05) is 30.7 Å². The van der Waals surface area contributed by atoms with Crippen molar-refractivity contribution in [3.8, 4) is 0 Å². The molecule has 0 N–H and O–H groups in total. The number of carbonyl (C=O) groups excluding carboxylic acids is 1. The Morgan fingerprint density at radius 1 is 1.33 bits per heavy atom. The maximum Gasteiger partial charge on any atom is 0.185 e. The summed E-state index contributed by atoms with van der Waals surface area (Å²) in [4.78, 5) is 12.1. The van der Waals surface area contributed by atoms with Gasteiger partial charge in [0.15, 0.2) is 5.78 Å². The van der Waals surface area contributed by atoms with Gasteiger partial charge >= 0.3 is 0 Å². The number of carbonyl (C=O) groups is 1. The molecule has 2 rings (SSSR count). The van der Waals surface area contributed by atoms with Crippen LogP contribution in [0.4, 0.5) is 0 Å². The lowest BCUT2D eigenvalue weighted by molar-refractivity contribution is 0.0966. The van der Waals surface area contributed by atoms with Gasteiger partial charge < -0.3 is 4.57 Å². The fraction of sp³-hybridized carbons (Fsp3) is 0.429. The zero-order valence-electron chi connectivity index (χ0n) is 11.2. The lowest BCUT2D eigenvalue weighted by Crippen LogP contribution is -2.13. The summed E-state index contributed by atoms with van der Waals surface area (Å²) in [6.45, 7) is 4.48. The first-order valence-corrected chi connectivity index (χ1v) is 6.34. The molecular formula is C14H19N3O. The summed E-state index contributed by atoms with van der Waals surface area (Å²) < 4.78 is 3.71. The van der Waals surface area contributed by atoms with Crippen molar-refractivity contribution in [1.29, 1.82) is 0 Å². The van der Waals surface area contributed by atoms with Gasteiger partial charge in [0.05, 0.1) is 5.69 Å². The highest BCUT2D eigenvalue weighted by Crippen LogP contribution is 2.09. The van der Waals surface area contributed by atoms with Crippen molar-refractivity contribution in [2.45, 2.75) is 33.2 Å². The van der Waals surface area contributed by atoms with Crippen molar-refractivity contribution in [3.63, 3.8) is 0 Å². The highest BCUT2D eigenvalue weighted by molar-refractivity contribution is 5.95. The van der Waals surface area contributed by atoms with Crippen LogP contribution in [0, 0.1) is 0 Å². The van der Waals surface area contributed by atoms with Gasteiger partial charge in [-0.15, -0.1) is 0 Å². The van der Waals surface area contributed by atoms with Gasteiger partial charge in [-0.05, 0) is 25.0 Å². The van der Waals surface area contributed by atoms with Gasteiger partial charge in [0.1, 0.15) is 6.54 Å². The molecule has 0 spiro atoms. The normalized spacial score (nSPS) is 10.8. The summed E-state index contributed by atoms with van der Waals surface area (Å²) in [6, 6.07) is 3.93. The quantitative estimate of drug-likeness (QED) is 0.758. The van der Waals surface area contributed by atoms with E-state index in [9.17, 15) is 4.79 Å². The van der Waals surface area contributed by atoms with Crippen LogP contribution in [0.15, 0.2) is 24.5 Å².